The van der Waals surface area contributed by atoms with E-state index in [1.165, 1.54) is 18.2 Å². The third-order valence-electron chi connectivity index (χ3n) is 5.15. The molecule has 2 heterocycles. The van der Waals surface area contributed by atoms with Crippen LogP contribution in [0.25, 0.3) is 11.0 Å². The van der Waals surface area contributed by atoms with Gasteiger partial charge in [-0.2, -0.15) is 0 Å². The standard InChI is InChI=1S/C20H22N4O2/c1-24-19-6-5-15(10-18(19)22-23-24)17(11-20(25)26-2)14-4-3-13-7-8-21-12-16(13)9-14/h3-6,9-10,17,21H,7-8,11-12H2,1-2H3. The van der Waals surface area contributed by atoms with Crippen LogP contribution in [0.2, 0.25) is 0 Å². The third kappa shape index (κ3) is 3.08. The highest BCUT2D eigenvalue weighted by Gasteiger charge is 2.21. The average molecular weight is 350 g/mol. The van der Waals surface area contributed by atoms with Crippen molar-refractivity contribution < 1.29 is 9.53 Å². The molecule has 0 radical (unpaired) electrons. The topological polar surface area (TPSA) is 69.0 Å². The number of aryl methyl sites for hydroxylation is 1. The van der Waals surface area contributed by atoms with Crippen LogP contribution in [0.3, 0.4) is 0 Å². The molecule has 3 aromatic rings. The van der Waals surface area contributed by atoms with Crippen molar-refractivity contribution in [1.29, 1.82) is 0 Å². The van der Waals surface area contributed by atoms with Crippen LogP contribution in [-0.2, 0) is 29.5 Å². The first kappa shape index (κ1) is 16.7. The molecule has 0 amide bonds. The molecule has 1 aliphatic rings. The minimum atomic E-state index is -0.218. The molecule has 1 aliphatic heterocycles. The van der Waals surface area contributed by atoms with E-state index in [0.717, 1.165) is 41.7 Å². The number of aromatic nitrogens is 3. The molecule has 0 fully saturated rings. The first-order chi connectivity index (χ1) is 12.7. The van der Waals surface area contributed by atoms with E-state index in [1.807, 2.05) is 19.2 Å². The summed E-state index contributed by atoms with van der Waals surface area (Å²) in [6.07, 6.45) is 1.34. The van der Waals surface area contributed by atoms with Crippen LogP contribution in [0.1, 0.15) is 34.6 Å². The Hall–Kier alpha value is -2.73. The fraction of sp³-hybridized carbons (Fsp3) is 0.350. The molecule has 0 saturated carbocycles. The molecule has 1 aromatic heterocycles. The maximum absolute atomic E-state index is 12.1. The van der Waals surface area contributed by atoms with E-state index in [2.05, 4.69) is 39.9 Å². The van der Waals surface area contributed by atoms with Gasteiger partial charge < -0.3 is 10.1 Å². The summed E-state index contributed by atoms with van der Waals surface area (Å²) in [5.74, 6) is -0.286. The van der Waals surface area contributed by atoms with E-state index in [-0.39, 0.29) is 11.9 Å². The third-order valence-corrected chi connectivity index (χ3v) is 5.15. The Kier molecular flexibility index (Phi) is 4.42. The Labute approximate surface area is 152 Å². The number of benzene rings is 2. The summed E-state index contributed by atoms with van der Waals surface area (Å²) >= 11 is 0. The molecule has 6 heteroatoms. The molecule has 0 aliphatic carbocycles. The van der Waals surface area contributed by atoms with Gasteiger partial charge in [0.05, 0.1) is 19.0 Å². The molecule has 26 heavy (non-hydrogen) atoms. The normalized spacial score (nSPS) is 14.8. The molecule has 0 spiro atoms. The smallest absolute Gasteiger partial charge is 0.306 e. The van der Waals surface area contributed by atoms with Gasteiger partial charge in [-0.3, -0.25) is 4.79 Å². The first-order valence-corrected chi connectivity index (χ1v) is 8.84. The summed E-state index contributed by atoms with van der Waals surface area (Å²) in [6, 6.07) is 12.6. The molecule has 0 saturated heterocycles. The number of nitrogens with one attached hydrogen (secondary N) is 1. The summed E-state index contributed by atoms with van der Waals surface area (Å²) in [5.41, 5.74) is 6.67. The summed E-state index contributed by atoms with van der Waals surface area (Å²) in [7, 11) is 3.31. The summed E-state index contributed by atoms with van der Waals surface area (Å²) in [5, 5.41) is 11.7. The Balaban J connectivity index is 1.76. The highest BCUT2D eigenvalue weighted by atomic mass is 16.5. The fourth-order valence-electron chi connectivity index (χ4n) is 3.67. The largest absolute Gasteiger partial charge is 0.469 e. The quantitative estimate of drug-likeness (QED) is 0.731. The molecular formula is C20H22N4O2. The van der Waals surface area contributed by atoms with Crippen LogP contribution >= 0.6 is 0 Å². The number of fused-ring (bicyclic) bond motifs is 2. The summed E-state index contributed by atoms with van der Waals surface area (Å²) < 4.78 is 6.69. The number of ether oxygens (including phenoxy) is 1. The Morgan fingerprint density at radius 2 is 2.04 bits per heavy atom. The number of carbonyl (C=O) groups excluding carboxylic acids is 1. The second kappa shape index (κ2) is 6.88. The number of carbonyl (C=O) groups is 1. The van der Waals surface area contributed by atoms with Crippen LogP contribution in [0.4, 0.5) is 0 Å². The number of methoxy groups -OCH3 is 1. The zero-order chi connectivity index (χ0) is 18.1. The molecular weight excluding hydrogens is 328 g/mol. The Morgan fingerprint density at radius 3 is 2.88 bits per heavy atom. The maximum atomic E-state index is 12.1. The van der Waals surface area contributed by atoms with Crippen molar-refractivity contribution in [2.75, 3.05) is 13.7 Å². The lowest BCUT2D eigenvalue weighted by atomic mass is 9.85. The van der Waals surface area contributed by atoms with Crippen molar-refractivity contribution in [2.45, 2.75) is 25.3 Å². The minimum Gasteiger partial charge on any atom is -0.469 e. The summed E-state index contributed by atoms with van der Waals surface area (Å²) in [6.45, 7) is 1.89. The predicted molar refractivity (Wildman–Crippen MR) is 98.8 cm³/mol. The summed E-state index contributed by atoms with van der Waals surface area (Å²) in [4.78, 5) is 12.1. The monoisotopic (exact) mass is 350 g/mol. The van der Waals surface area contributed by atoms with E-state index in [1.54, 1.807) is 4.68 Å². The van der Waals surface area contributed by atoms with E-state index in [9.17, 15) is 4.79 Å². The molecule has 1 atom stereocenters. The number of esters is 1. The lowest BCUT2D eigenvalue weighted by molar-refractivity contribution is -0.140. The number of rotatable bonds is 4. The fourth-order valence-corrected chi connectivity index (χ4v) is 3.67. The predicted octanol–water partition coefficient (Wildman–Crippen LogP) is 2.31. The number of hydrogen-bond donors (Lipinski definition) is 1. The van der Waals surface area contributed by atoms with Gasteiger partial charge in [-0.1, -0.05) is 29.5 Å². The van der Waals surface area contributed by atoms with E-state index < -0.39 is 0 Å². The van der Waals surface area contributed by atoms with Gasteiger partial charge in [0.25, 0.3) is 0 Å². The number of nitrogens with zero attached hydrogens (tertiary/aromatic N) is 3. The van der Waals surface area contributed by atoms with Crippen molar-refractivity contribution >= 4 is 17.0 Å². The maximum Gasteiger partial charge on any atom is 0.306 e. The number of hydrogen-bond acceptors (Lipinski definition) is 5. The zero-order valence-corrected chi connectivity index (χ0v) is 15.0. The van der Waals surface area contributed by atoms with E-state index in [0.29, 0.717) is 6.42 Å². The molecule has 1 unspecified atom stereocenters. The molecule has 0 bridgehead atoms. The lowest BCUT2D eigenvalue weighted by Crippen LogP contribution is -2.24. The van der Waals surface area contributed by atoms with Crippen molar-refractivity contribution in [3.63, 3.8) is 0 Å². The lowest BCUT2D eigenvalue weighted by Gasteiger charge is -2.22. The van der Waals surface area contributed by atoms with Gasteiger partial charge in [0.2, 0.25) is 0 Å². The molecule has 134 valence electrons. The van der Waals surface area contributed by atoms with Crippen molar-refractivity contribution in [3.05, 3.63) is 58.7 Å². The van der Waals surface area contributed by atoms with Crippen LogP contribution in [-0.4, -0.2) is 34.6 Å². The SMILES string of the molecule is COC(=O)CC(c1ccc2c(c1)CNCC2)c1ccc2c(c1)nnn2C. The zero-order valence-electron chi connectivity index (χ0n) is 15.0. The molecule has 6 nitrogen and oxygen atoms in total. The van der Waals surface area contributed by atoms with Gasteiger partial charge in [-0.05, 0) is 47.4 Å². The van der Waals surface area contributed by atoms with Gasteiger partial charge in [0, 0.05) is 19.5 Å². The van der Waals surface area contributed by atoms with Crippen LogP contribution < -0.4 is 5.32 Å². The van der Waals surface area contributed by atoms with Crippen molar-refractivity contribution in [3.8, 4) is 0 Å². The van der Waals surface area contributed by atoms with Crippen LogP contribution in [0.5, 0.6) is 0 Å². The average Bonchev–Trinajstić information content (AvgIpc) is 3.05. The van der Waals surface area contributed by atoms with Crippen molar-refractivity contribution in [2.24, 2.45) is 7.05 Å². The second-order valence-electron chi connectivity index (χ2n) is 6.75. The molecule has 4 rings (SSSR count). The Bertz CT molecular complexity index is 964. The van der Waals surface area contributed by atoms with Crippen molar-refractivity contribution in [1.82, 2.24) is 20.3 Å². The van der Waals surface area contributed by atoms with Crippen LogP contribution in [0.15, 0.2) is 36.4 Å². The second-order valence-corrected chi connectivity index (χ2v) is 6.75. The molecule has 2 aromatic carbocycles. The van der Waals surface area contributed by atoms with Crippen LogP contribution in [0, 0.1) is 0 Å². The highest BCUT2D eigenvalue weighted by molar-refractivity contribution is 5.76. The van der Waals surface area contributed by atoms with E-state index >= 15 is 0 Å². The van der Waals surface area contributed by atoms with Gasteiger partial charge in [-0.15, -0.1) is 5.10 Å². The van der Waals surface area contributed by atoms with Gasteiger partial charge in [-0.25, -0.2) is 4.68 Å². The first-order valence-electron chi connectivity index (χ1n) is 8.84. The Morgan fingerprint density at radius 1 is 1.23 bits per heavy atom. The van der Waals surface area contributed by atoms with E-state index in [4.69, 9.17) is 4.74 Å². The van der Waals surface area contributed by atoms with Gasteiger partial charge in [0.1, 0.15) is 5.52 Å². The minimum absolute atomic E-state index is 0.0684. The molecule has 1 N–H and O–H groups in total. The van der Waals surface area contributed by atoms with Gasteiger partial charge >= 0.3 is 5.97 Å². The van der Waals surface area contributed by atoms with Gasteiger partial charge in [0.15, 0.2) is 0 Å². The highest BCUT2D eigenvalue weighted by Crippen LogP contribution is 2.32.